The van der Waals surface area contributed by atoms with Crippen LogP contribution in [0.5, 0.6) is 0 Å². The van der Waals surface area contributed by atoms with Gasteiger partial charge in [0, 0.05) is 28.7 Å². The average Bonchev–Trinajstić information content (AvgIpc) is 3.45. The largest absolute Gasteiger partial charge is 0.325 e. The maximum Gasteiger partial charge on any atom is 0.268 e. The van der Waals surface area contributed by atoms with E-state index in [-0.39, 0.29) is 17.2 Å². The number of thioether (sulfide) groups is 1. The van der Waals surface area contributed by atoms with Crippen LogP contribution >= 0.6 is 34.7 Å². The van der Waals surface area contributed by atoms with Gasteiger partial charge in [0.1, 0.15) is 4.83 Å². The van der Waals surface area contributed by atoms with Gasteiger partial charge in [-0.2, -0.15) is 0 Å². The smallest absolute Gasteiger partial charge is 0.268 e. The topological polar surface area (TPSA) is 84.5 Å². The first-order valence-electron chi connectivity index (χ1n) is 11.4. The SMILES string of the molecule is CN1CCc2c(sc3c2c(=O)n(-c2cccc(Cl)c2)c2nnc(SCC(=O)Nc4ccccc4)n32)C1. The van der Waals surface area contributed by atoms with Crippen molar-refractivity contribution in [1.29, 1.82) is 0 Å². The van der Waals surface area contributed by atoms with Gasteiger partial charge in [-0.3, -0.25) is 9.59 Å². The van der Waals surface area contributed by atoms with E-state index < -0.39 is 0 Å². The van der Waals surface area contributed by atoms with Crippen molar-refractivity contribution in [3.63, 3.8) is 0 Å². The maximum atomic E-state index is 13.9. The maximum absolute atomic E-state index is 13.9. The van der Waals surface area contributed by atoms with Gasteiger partial charge in [0.15, 0.2) is 5.16 Å². The molecule has 0 saturated carbocycles. The second kappa shape index (κ2) is 9.36. The van der Waals surface area contributed by atoms with Gasteiger partial charge in [0.05, 0.1) is 16.8 Å². The summed E-state index contributed by atoms with van der Waals surface area (Å²) < 4.78 is 3.47. The second-order valence-electron chi connectivity index (χ2n) is 8.61. The number of hydrogen-bond acceptors (Lipinski definition) is 7. The Morgan fingerprint density at radius 2 is 2.00 bits per heavy atom. The van der Waals surface area contributed by atoms with Crippen LogP contribution in [0.15, 0.2) is 64.5 Å². The van der Waals surface area contributed by atoms with Crippen LogP contribution in [0.4, 0.5) is 5.69 Å². The molecule has 2 aromatic carbocycles. The minimum atomic E-state index is -0.144. The van der Waals surface area contributed by atoms with Crippen molar-refractivity contribution in [1.82, 2.24) is 24.1 Å². The number of nitrogens with one attached hydrogen (secondary N) is 1. The number of thiophene rings is 1. The number of fused-ring (bicyclic) bond motifs is 5. The highest BCUT2D eigenvalue weighted by Gasteiger charge is 2.27. The number of halogens is 1. The molecule has 1 aliphatic rings. The number of aromatic nitrogens is 4. The zero-order valence-corrected chi connectivity index (χ0v) is 21.7. The van der Waals surface area contributed by atoms with Crippen molar-refractivity contribution in [2.75, 3.05) is 24.7 Å². The molecule has 0 saturated heterocycles. The molecule has 11 heteroatoms. The number of carbonyl (C=O) groups excluding carboxylic acids is 1. The number of benzene rings is 2. The molecule has 0 fully saturated rings. The summed E-state index contributed by atoms with van der Waals surface area (Å²) in [6.07, 6.45) is 0.798. The molecule has 8 nitrogen and oxygen atoms in total. The summed E-state index contributed by atoms with van der Waals surface area (Å²) in [5, 5.41) is 13.5. The van der Waals surface area contributed by atoms with Crippen LogP contribution in [0.3, 0.4) is 0 Å². The van der Waals surface area contributed by atoms with Gasteiger partial charge in [-0.25, -0.2) is 8.97 Å². The number of anilines is 1. The van der Waals surface area contributed by atoms with Crippen molar-refractivity contribution < 1.29 is 4.79 Å². The molecule has 1 amide bonds. The third-order valence-electron chi connectivity index (χ3n) is 6.12. The van der Waals surface area contributed by atoms with Crippen molar-refractivity contribution in [3.05, 3.63) is 80.4 Å². The molecule has 3 aromatic heterocycles. The fraction of sp³-hybridized carbons (Fsp3) is 0.200. The number of rotatable bonds is 5. The summed E-state index contributed by atoms with van der Waals surface area (Å²) in [5.74, 6) is 0.406. The first kappa shape index (κ1) is 23.2. The molecule has 36 heavy (non-hydrogen) atoms. The summed E-state index contributed by atoms with van der Waals surface area (Å²) in [7, 11) is 2.08. The lowest BCUT2D eigenvalue weighted by Crippen LogP contribution is -2.27. The van der Waals surface area contributed by atoms with E-state index in [1.807, 2.05) is 46.9 Å². The van der Waals surface area contributed by atoms with E-state index in [4.69, 9.17) is 11.6 Å². The van der Waals surface area contributed by atoms with Crippen LogP contribution in [0.25, 0.3) is 21.7 Å². The Kier molecular flexibility index (Phi) is 6.04. The highest BCUT2D eigenvalue weighted by atomic mass is 35.5. The Balaban J connectivity index is 1.49. The van der Waals surface area contributed by atoms with Crippen molar-refractivity contribution >= 4 is 62.3 Å². The van der Waals surface area contributed by atoms with E-state index in [1.54, 1.807) is 28.0 Å². The first-order valence-corrected chi connectivity index (χ1v) is 13.5. The van der Waals surface area contributed by atoms with Crippen LogP contribution in [-0.4, -0.2) is 49.3 Å². The van der Waals surface area contributed by atoms with E-state index in [9.17, 15) is 9.59 Å². The fourth-order valence-corrected chi connectivity index (χ4v) is 6.87. The van der Waals surface area contributed by atoms with Gasteiger partial charge in [0.25, 0.3) is 5.56 Å². The zero-order chi connectivity index (χ0) is 24.8. The lowest BCUT2D eigenvalue weighted by molar-refractivity contribution is -0.113. The van der Waals surface area contributed by atoms with E-state index in [0.29, 0.717) is 27.0 Å². The van der Waals surface area contributed by atoms with Gasteiger partial charge >= 0.3 is 0 Å². The molecule has 1 aliphatic heterocycles. The summed E-state index contributed by atoms with van der Waals surface area (Å²) in [4.78, 5) is 30.8. The lowest BCUT2D eigenvalue weighted by Gasteiger charge is -2.21. The summed E-state index contributed by atoms with van der Waals surface area (Å²) >= 11 is 9.16. The molecule has 0 radical (unpaired) electrons. The van der Waals surface area contributed by atoms with Crippen LogP contribution in [-0.2, 0) is 17.8 Å². The highest BCUT2D eigenvalue weighted by Crippen LogP contribution is 2.35. The molecule has 0 unspecified atom stereocenters. The zero-order valence-electron chi connectivity index (χ0n) is 19.3. The standard InChI is InChI=1S/C25H21ClN6O2S2/c1-30-11-10-18-19(13-30)36-23-21(18)22(34)31(17-9-5-6-15(26)12-17)24-28-29-25(32(23)24)35-14-20(33)27-16-7-3-2-4-8-16/h2-9,12H,10-11,13-14H2,1H3,(H,27,33). The van der Waals surface area contributed by atoms with Gasteiger partial charge in [-0.1, -0.05) is 47.6 Å². The quantitative estimate of drug-likeness (QED) is 0.334. The minimum absolute atomic E-state index is 0.132. The molecular formula is C25H21ClN6O2S2. The number of hydrogen-bond donors (Lipinski definition) is 1. The van der Waals surface area contributed by atoms with Crippen molar-refractivity contribution in [2.45, 2.75) is 18.1 Å². The van der Waals surface area contributed by atoms with Gasteiger partial charge < -0.3 is 10.2 Å². The fourth-order valence-electron chi connectivity index (χ4n) is 4.47. The van der Waals surface area contributed by atoms with E-state index in [2.05, 4.69) is 27.5 Å². The molecule has 0 atom stereocenters. The Bertz CT molecular complexity index is 1680. The molecule has 1 N–H and O–H groups in total. The van der Waals surface area contributed by atoms with Crippen molar-refractivity contribution in [3.8, 4) is 5.69 Å². The van der Waals surface area contributed by atoms with Crippen LogP contribution < -0.4 is 10.9 Å². The normalized spacial score (nSPS) is 13.8. The van der Waals surface area contributed by atoms with E-state index in [0.717, 1.165) is 35.6 Å². The monoisotopic (exact) mass is 536 g/mol. The summed E-state index contributed by atoms with van der Waals surface area (Å²) in [6, 6.07) is 16.5. The predicted molar refractivity (Wildman–Crippen MR) is 145 cm³/mol. The molecule has 0 aliphatic carbocycles. The highest BCUT2D eigenvalue weighted by molar-refractivity contribution is 7.99. The predicted octanol–water partition coefficient (Wildman–Crippen LogP) is 4.47. The Morgan fingerprint density at radius 3 is 2.81 bits per heavy atom. The molecule has 0 bridgehead atoms. The minimum Gasteiger partial charge on any atom is -0.325 e. The Hall–Kier alpha value is -3.18. The lowest BCUT2D eigenvalue weighted by atomic mass is 10.1. The van der Waals surface area contributed by atoms with Gasteiger partial charge in [0.2, 0.25) is 11.7 Å². The van der Waals surface area contributed by atoms with Crippen molar-refractivity contribution in [2.24, 2.45) is 0 Å². The third-order valence-corrected chi connectivity index (χ3v) is 8.49. The Labute approximate surface area is 219 Å². The Morgan fingerprint density at radius 1 is 1.17 bits per heavy atom. The van der Waals surface area contributed by atoms with Gasteiger partial charge in [-0.05, 0) is 49.4 Å². The summed E-state index contributed by atoms with van der Waals surface area (Å²) in [6.45, 7) is 1.67. The second-order valence-corrected chi connectivity index (χ2v) is 11.1. The van der Waals surface area contributed by atoms with Crippen LogP contribution in [0.1, 0.15) is 10.4 Å². The summed E-state index contributed by atoms with van der Waals surface area (Å²) in [5.41, 5.74) is 2.31. The molecule has 4 heterocycles. The molecule has 5 aromatic rings. The van der Waals surface area contributed by atoms with E-state index in [1.165, 1.54) is 16.6 Å². The number of carbonyl (C=O) groups is 1. The molecule has 182 valence electrons. The van der Waals surface area contributed by atoms with E-state index >= 15 is 0 Å². The molecular weight excluding hydrogens is 516 g/mol. The van der Waals surface area contributed by atoms with Gasteiger partial charge in [-0.15, -0.1) is 21.5 Å². The van der Waals surface area contributed by atoms with Crippen LogP contribution in [0.2, 0.25) is 5.02 Å². The average molecular weight is 537 g/mol. The third kappa shape index (κ3) is 4.09. The number of para-hydroxylation sites is 1. The number of amides is 1. The van der Waals surface area contributed by atoms with Crippen LogP contribution in [0, 0.1) is 0 Å². The molecule has 6 rings (SSSR count). The molecule has 0 spiro atoms. The first-order chi connectivity index (χ1) is 17.5. The number of nitrogens with zero attached hydrogens (tertiary/aromatic N) is 5. The number of likely N-dealkylation sites (N-methyl/N-ethyl adjacent to an activating group) is 1.